The fraction of sp³-hybridized carbons (Fsp3) is 0.846. The number of epoxide rings is 1. The summed E-state index contributed by atoms with van der Waals surface area (Å²) < 4.78 is 10.6. The number of nitrogens with zero attached hydrogens (tertiary/aromatic N) is 1. The first-order valence-corrected chi connectivity index (χ1v) is 6.45. The molecule has 0 bridgehead atoms. The zero-order valence-corrected chi connectivity index (χ0v) is 11.3. The minimum absolute atomic E-state index is 0.138. The van der Waals surface area contributed by atoms with Gasteiger partial charge in [-0.05, 0) is 20.8 Å². The molecule has 0 N–H and O–H groups in total. The van der Waals surface area contributed by atoms with Gasteiger partial charge in [0.25, 0.3) is 0 Å². The van der Waals surface area contributed by atoms with Crippen molar-refractivity contribution in [2.75, 3.05) is 19.7 Å². The molecule has 2 saturated heterocycles. The second kappa shape index (κ2) is 4.97. The molecule has 0 aromatic heterocycles. The van der Waals surface area contributed by atoms with Gasteiger partial charge in [0.1, 0.15) is 17.4 Å². The molecule has 5 heteroatoms. The smallest absolute Gasteiger partial charge is 0.324 e. The molecule has 0 aromatic carbocycles. The first-order chi connectivity index (χ1) is 8.35. The van der Waals surface area contributed by atoms with E-state index in [2.05, 4.69) is 0 Å². The lowest BCUT2D eigenvalue weighted by molar-refractivity contribution is -0.164. The molecule has 2 atom stereocenters. The molecular weight excluding hydrogens is 234 g/mol. The minimum Gasteiger partial charge on any atom is -0.459 e. The number of Topliss-reactive ketones (excluding diaryl/α,β-unsaturated/α-hetero) is 1. The van der Waals surface area contributed by atoms with Crippen LogP contribution in [0, 0.1) is 0 Å². The Morgan fingerprint density at radius 2 is 2.17 bits per heavy atom. The Bertz CT molecular complexity index is 343. The third-order valence-electron chi connectivity index (χ3n) is 3.06. The van der Waals surface area contributed by atoms with Crippen LogP contribution < -0.4 is 0 Å². The summed E-state index contributed by atoms with van der Waals surface area (Å²) in [7, 11) is 0. The molecule has 0 aromatic rings. The van der Waals surface area contributed by atoms with Gasteiger partial charge in [-0.2, -0.15) is 0 Å². The third-order valence-corrected chi connectivity index (χ3v) is 3.06. The van der Waals surface area contributed by atoms with Gasteiger partial charge in [-0.1, -0.05) is 0 Å². The lowest BCUT2D eigenvalue weighted by atomic mass is 10.0. The Hall–Kier alpha value is -0.940. The molecule has 2 heterocycles. The topological polar surface area (TPSA) is 59.1 Å². The molecule has 2 unspecified atom stereocenters. The molecule has 0 spiro atoms. The number of rotatable bonds is 3. The van der Waals surface area contributed by atoms with Crippen LogP contribution >= 0.6 is 0 Å². The summed E-state index contributed by atoms with van der Waals surface area (Å²) in [6.45, 7) is 7.61. The second-order valence-electron chi connectivity index (χ2n) is 5.99. The monoisotopic (exact) mass is 255 g/mol. The summed E-state index contributed by atoms with van der Waals surface area (Å²) in [5.74, 6) is -0.157. The van der Waals surface area contributed by atoms with Gasteiger partial charge in [0.15, 0.2) is 0 Å². The number of ether oxygens (including phenoxy) is 2. The quantitative estimate of drug-likeness (QED) is 0.550. The maximum absolute atomic E-state index is 12.1. The van der Waals surface area contributed by atoms with E-state index < -0.39 is 11.6 Å². The van der Waals surface area contributed by atoms with E-state index in [-0.39, 0.29) is 24.3 Å². The standard InChI is InChI=1S/C13H21NO4/c1-13(2,3)18-12(16)11-6-9(15)4-5-14(11)7-10-8-17-10/h10-11H,4-8H2,1-3H3. The predicted molar refractivity (Wildman–Crippen MR) is 65.2 cm³/mol. The van der Waals surface area contributed by atoms with Crippen molar-refractivity contribution in [3.05, 3.63) is 0 Å². The van der Waals surface area contributed by atoms with E-state index >= 15 is 0 Å². The van der Waals surface area contributed by atoms with Gasteiger partial charge in [-0.25, -0.2) is 0 Å². The van der Waals surface area contributed by atoms with Gasteiger partial charge < -0.3 is 9.47 Å². The Morgan fingerprint density at radius 3 is 2.72 bits per heavy atom. The maximum atomic E-state index is 12.1. The SMILES string of the molecule is CC(C)(C)OC(=O)C1CC(=O)CCN1CC1CO1. The number of carbonyl (C=O) groups excluding carboxylic acids is 2. The molecule has 0 amide bonds. The van der Waals surface area contributed by atoms with Crippen molar-refractivity contribution in [3.63, 3.8) is 0 Å². The van der Waals surface area contributed by atoms with Crippen molar-refractivity contribution >= 4 is 11.8 Å². The number of hydrogen-bond donors (Lipinski definition) is 0. The van der Waals surface area contributed by atoms with Crippen LogP contribution in [0.1, 0.15) is 33.6 Å². The number of esters is 1. The van der Waals surface area contributed by atoms with Gasteiger partial charge >= 0.3 is 5.97 Å². The number of carbonyl (C=O) groups is 2. The van der Waals surface area contributed by atoms with Crippen LogP contribution in [0.2, 0.25) is 0 Å². The highest BCUT2D eigenvalue weighted by Crippen LogP contribution is 2.22. The Morgan fingerprint density at radius 1 is 1.50 bits per heavy atom. The molecule has 2 aliphatic rings. The van der Waals surface area contributed by atoms with Crippen LogP contribution in [0.4, 0.5) is 0 Å². The lowest BCUT2D eigenvalue weighted by Gasteiger charge is -2.34. The molecule has 0 radical (unpaired) electrons. The number of likely N-dealkylation sites (tertiary alicyclic amines) is 1. The van der Waals surface area contributed by atoms with E-state index in [4.69, 9.17) is 9.47 Å². The lowest BCUT2D eigenvalue weighted by Crippen LogP contribution is -2.50. The molecule has 0 saturated carbocycles. The Balaban J connectivity index is 1.99. The van der Waals surface area contributed by atoms with Crippen molar-refractivity contribution in [1.29, 1.82) is 0 Å². The van der Waals surface area contributed by atoms with Gasteiger partial charge in [0.05, 0.1) is 12.7 Å². The molecular formula is C13H21NO4. The molecule has 2 rings (SSSR count). The third kappa shape index (κ3) is 3.78. The van der Waals surface area contributed by atoms with Crippen LogP contribution in [-0.4, -0.2) is 54.1 Å². The van der Waals surface area contributed by atoms with Crippen LogP contribution in [0.25, 0.3) is 0 Å². The van der Waals surface area contributed by atoms with E-state index in [1.807, 2.05) is 25.7 Å². The highest BCUT2D eigenvalue weighted by molar-refractivity contribution is 5.88. The highest BCUT2D eigenvalue weighted by atomic mass is 16.6. The first kappa shape index (κ1) is 13.5. The zero-order valence-electron chi connectivity index (χ0n) is 11.3. The minimum atomic E-state index is -0.515. The Labute approximate surface area is 107 Å². The van der Waals surface area contributed by atoms with Crippen LogP contribution in [-0.2, 0) is 19.1 Å². The van der Waals surface area contributed by atoms with Crippen molar-refractivity contribution in [3.8, 4) is 0 Å². The van der Waals surface area contributed by atoms with Crippen molar-refractivity contribution in [2.24, 2.45) is 0 Å². The number of ketones is 1. The predicted octanol–water partition coefficient (Wildman–Crippen LogP) is 0.760. The van der Waals surface area contributed by atoms with E-state index in [9.17, 15) is 9.59 Å². The second-order valence-corrected chi connectivity index (χ2v) is 5.99. The normalized spacial score (nSPS) is 29.2. The Kier molecular flexibility index (Phi) is 3.73. The summed E-state index contributed by atoms with van der Waals surface area (Å²) in [4.78, 5) is 25.7. The summed E-state index contributed by atoms with van der Waals surface area (Å²) in [6, 6.07) is -0.435. The number of hydrogen-bond acceptors (Lipinski definition) is 5. The summed E-state index contributed by atoms with van der Waals surface area (Å²) in [5.41, 5.74) is -0.515. The average Bonchev–Trinajstić information content (AvgIpc) is 3.02. The van der Waals surface area contributed by atoms with E-state index in [1.54, 1.807) is 0 Å². The van der Waals surface area contributed by atoms with Crippen LogP contribution in [0.3, 0.4) is 0 Å². The fourth-order valence-corrected chi connectivity index (χ4v) is 2.13. The zero-order chi connectivity index (χ0) is 13.3. The molecule has 102 valence electrons. The van der Waals surface area contributed by atoms with Crippen molar-refractivity contribution < 1.29 is 19.1 Å². The molecule has 2 aliphatic heterocycles. The van der Waals surface area contributed by atoms with E-state index in [0.717, 1.165) is 13.2 Å². The van der Waals surface area contributed by atoms with Gasteiger partial charge in [0, 0.05) is 25.9 Å². The van der Waals surface area contributed by atoms with Crippen LogP contribution in [0.15, 0.2) is 0 Å². The summed E-state index contributed by atoms with van der Waals surface area (Å²) in [6.07, 6.45) is 1.01. The largest absolute Gasteiger partial charge is 0.459 e. The van der Waals surface area contributed by atoms with Gasteiger partial charge in [-0.15, -0.1) is 0 Å². The molecule has 0 aliphatic carbocycles. The summed E-state index contributed by atoms with van der Waals surface area (Å²) in [5, 5.41) is 0. The average molecular weight is 255 g/mol. The molecule has 5 nitrogen and oxygen atoms in total. The van der Waals surface area contributed by atoms with E-state index in [1.165, 1.54) is 0 Å². The highest BCUT2D eigenvalue weighted by Gasteiger charge is 2.38. The van der Waals surface area contributed by atoms with Gasteiger partial charge in [0.2, 0.25) is 0 Å². The first-order valence-electron chi connectivity index (χ1n) is 6.45. The van der Waals surface area contributed by atoms with Crippen molar-refractivity contribution in [1.82, 2.24) is 4.90 Å². The number of piperidine rings is 1. The summed E-state index contributed by atoms with van der Waals surface area (Å²) >= 11 is 0. The molecule has 2 fully saturated rings. The maximum Gasteiger partial charge on any atom is 0.324 e. The van der Waals surface area contributed by atoms with E-state index in [0.29, 0.717) is 13.0 Å². The molecule has 18 heavy (non-hydrogen) atoms. The van der Waals surface area contributed by atoms with Crippen LogP contribution in [0.5, 0.6) is 0 Å². The van der Waals surface area contributed by atoms with Crippen molar-refractivity contribution in [2.45, 2.75) is 51.4 Å². The van der Waals surface area contributed by atoms with Gasteiger partial charge in [-0.3, -0.25) is 14.5 Å². The fourth-order valence-electron chi connectivity index (χ4n) is 2.13.